The molecule has 0 N–H and O–H groups in total. The van der Waals surface area contributed by atoms with Crippen molar-refractivity contribution in [3.05, 3.63) is 0 Å². The molecular formula is C8H12Na2O4. The molecule has 0 radical (unpaired) electrons. The van der Waals surface area contributed by atoms with Gasteiger partial charge in [-0.1, -0.05) is 20.8 Å². The molecule has 0 aliphatic carbocycles. The summed E-state index contributed by atoms with van der Waals surface area (Å²) in [5, 5.41) is 21.2. The molecule has 0 atom stereocenters. The maximum Gasteiger partial charge on any atom is 1.00 e. The number of carboxylic acids is 2. The van der Waals surface area contributed by atoms with Gasteiger partial charge in [-0.25, -0.2) is 0 Å². The monoisotopic (exact) mass is 218 g/mol. The van der Waals surface area contributed by atoms with E-state index >= 15 is 0 Å². The molecule has 0 saturated carbocycles. The molecule has 70 valence electrons. The van der Waals surface area contributed by atoms with E-state index in [0.29, 0.717) is 0 Å². The van der Waals surface area contributed by atoms with Crippen LogP contribution in [0.2, 0.25) is 0 Å². The fourth-order valence-electron chi connectivity index (χ4n) is 0.696. The van der Waals surface area contributed by atoms with Gasteiger partial charge in [0.1, 0.15) is 0 Å². The minimum absolute atomic E-state index is 0. The Kier molecular flexibility index (Phi) is 9.46. The van der Waals surface area contributed by atoms with Crippen molar-refractivity contribution in [3.8, 4) is 0 Å². The van der Waals surface area contributed by atoms with Crippen LogP contribution in [0.15, 0.2) is 0 Å². The molecule has 0 aromatic heterocycles. The summed E-state index contributed by atoms with van der Waals surface area (Å²) in [6, 6.07) is 0. The quantitative estimate of drug-likeness (QED) is 0.340. The van der Waals surface area contributed by atoms with E-state index in [1.165, 1.54) is 20.8 Å². The molecule has 0 aliphatic heterocycles. The second-order valence-corrected chi connectivity index (χ2v) is 3.95. The van der Waals surface area contributed by atoms with Crippen molar-refractivity contribution >= 4 is 11.9 Å². The fourth-order valence-corrected chi connectivity index (χ4v) is 0.696. The summed E-state index contributed by atoms with van der Waals surface area (Å²) in [5.74, 6) is -3.23. The van der Waals surface area contributed by atoms with Crippen molar-refractivity contribution in [3.63, 3.8) is 0 Å². The minimum atomic E-state index is -1.95. The van der Waals surface area contributed by atoms with E-state index in [4.69, 9.17) is 0 Å². The number of hydrogen-bond donors (Lipinski definition) is 0. The number of carbonyl (C=O) groups excluding carboxylic acids is 2. The second kappa shape index (κ2) is 6.51. The smallest absolute Gasteiger partial charge is 0.549 e. The third-order valence-corrected chi connectivity index (χ3v) is 2.32. The van der Waals surface area contributed by atoms with Crippen LogP contribution in [0.1, 0.15) is 27.7 Å². The molecule has 0 spiro atoms. The summed E-state index contributed by atoms with van der Waals surface area (Å²) in [4.78, 5) is 21.2. The normalized spacial score (nSPS) is 10.9. The fraction of sp³-hybridized carbons (Fsp3) is 0.750. The molecule has 0 aromatic carbocycles. The minimum Gasteiger partial charge on any atom is -0.549 e. The molecule has 0 fully saturated rings. The third kappa shape index (κ3) is 3.83. The van der Waals surface area contributed by atoms with Crippen LogP contribution in [0.25, 0.3) is 0 Å². The average Bonchev–Trinajstić information content (AvgIpc) is 1.82. The van der Waals surface area contributed by atoms with Gasteiger partial charge in [-0.15, -0.1) is 0 Å². The van der Waals surface area contributed by atoms with Crippen LogP contribution in [0.3, 0.4) is 0 Å². The largest absolute Gasteiger partial charge is 1.00 e. The Morgan fingerprint density at radius 3 is 1.07 bits per heavy atom. The van der Waals surface area contributed by atoms with Gasteiger partial charge in [0.25, 0.3) is 0 Å². The molecule has 4 nitrogen and oxygen atoms in total. The molecule has 0 unspecified atom stereocenters. The molecule has 6 heteroatoms. The van der Waals surface area contributed by atoms with E-state index in [-0.39, 0.29) is 59.1 Å². The maximum atomic E-state index is 10.6. The zero-order valence-electron chi connectivity index (χ0n) is 9.63. The van der Waals surface area contributed by atoms with Crippen molar-refractivity contribution in [2.24, 2.45) is 10.8 Å². The van der Waals surface area contributed by atoms with Crippen LogP contribution in [0.4, 0.5) is 0 Å². The zero-order valence-corrected chi connectivity index (χ0v) is 13.6. The topological polar surface area (TPSA) is 80.3 Å². The van der Waals surface area contributed by atoms with Crippen molar-refractivity contribution in [1.29, 1.82) is 0 Å². The van der Waals surface area contributed by atoms with Crippen molar-refractivity contribution in [2.45, 2.75) is 27.7 Å². The first-order valence-corrected chi connectivity index (χ1v) is 3.57. The standard InChI is InChI=1S/C8H14O4.2Na/c1-7(2,3)8(4,5(9)10)6(11)12;;/h1-4H3,(H,9,10)(H,11,12);;/q;2*+1/p-2. The molecule has 0 rings (SSSR count). The Balaban J connectivity index is -0.000000605. The molecule has 0 heterocycles. The Hall–Kier alpha value is 0.940. The maximum absolute atomic E-state index is 10.6. The Labute approximate surface area is 128 Å². The number of carboxylic acid groups (broad SMARTS) is 2. The Morgan fingerprint density at radius 1 is 0.857 bits per heavy atom. The summed E-state index contributed by atoms with van der Waals surface area (Å²) < 4.78 is 0. The molecule has 0 bridgehead atoms. The first kappa shape index (κ1) is 20.4. The van der Waals surface area contributed by atoms with Gasteiger partial charge in [0.05, 0.1) is 17.4 Å². The van der Waals surface area contributed by atoms with Crippen molar-refractivity contribution < 1.29 is 78.9 Å². The van der Waals surface area contributed by atoms with Crippen LogP contribution < -0.4 is 69.3 Å². The third-order valence-electron chi connectivity index (χ3n) is 2.32. The second-order valence-electron chi connectivity index (χ2n) is 3.95. The SMILES string of the molecule is CC(C)(C)C(C)(C(=O)[O-])C(=O)[O-].[Na+].[Na+]. The van der Waals surface area contributed by atoms with Gasteiger partial charge in [-0.3, -0.25) is 0 Å². The molecular weight excluding hydrogens is 206 g/mol. The molecule has 14 heavy (non-hydrogen) atoms. The predicted octanol–water partition coefficient (Wildman–Crippen LogP) is -7.45. The van der Waals surface area contributed by atoms with E-state index in [9.17, 15) is 19.8 Å². The molecule has 0 aliphatic rings. The number of rotatable bonds is 2. The van der Waals surface area contributed by atoms with E-state index in [1.807, 2.05) is 0 Å². The van der Waals surface area contributed by atoms with E-state index < -0.39 is 22.8 Å². The first-order valence-electron chi connectivity index (χ1n) is 3.57. The summed E-state index contributed by atoms with van der Waals surface area (Å²) >= 11 is 0. The van der Waals surface area contributed by atoms with Crippen LogP contribution in [-0.2, 0) is 9.59 Å². The predicted molar refractivity (Wildman–Crippen MR) is 37.6 cm³/mol. The van der Waals surface area contributed by atoms with Gasteiger partial charge < -0.3 is 19.8 Å². The van der Waals surface area contributed by atoms with Crippen molar-refractivity contribution in [1.82, 2.24) is 0 Å². The summed E-state index contributed by atoms with van der Waals surface area (Å²) in [6.45, 7) is 5.63. The summed E-state index contributed by atoms with van der Waals surface area (Å²) in [5.41, 5.74) is -2.88. The van der Waals surface area contributed by atoms with Crippen LogP contribution >= 0.6 is 0 Å². The number of carbonyl (C=O) groups is 2. The van der Waals surface area contributed by atoms with Crippen LogP contribution in [0, 0.1) is 10.8 Å². The van der Waals surface area contributed by atoms with Gasteiger partial charge in [-0.2, -0.15) is 0 Å². The van der Waals surface area contributed by atoms with Crippen molar-refractivity contribution in [2.75, 3.05) is 0 Å². The van der Waals surface area contributed by atoms with E-state index in [0.717, 1.165) is 6.92 Å². The number of aliphatic carboxylic acids is 2. The summed E-state index contributed by atoms with van der Waals surface area (Å²) in [6.07, 6.45) is 0. The average molecular weight is 218 g/mol. The van der Waals surface area contributed by atoms with Gasteiger partial charge >= 0.3 is 59.1 Å². The molecule has 0 aromatic rings. The van der Waals surface area contributed by atoms with Gasteiger partial charge in [0, 0.05) is 0 Å². The van der Waals surface area contributed by atoms with E-state index in [1.54, 1.807) is 0 Å². The molecule has 0 saturated heterocycles. The van der Waals surface area contributed by atoms with Crippen LogP contribution in [-0.4, -0.2) is 11.9 Å². The Bertz CT molecular complexity index is 206. The first-order chi connectivity index (χ1) is 5.14. The summed E-state index contributed by atoms with van der Waals surface area (Å²) in [7, 11) is 0. The van der Waals surface area contributed by atoms with E-state index in [2.05, 4.69) is 0 Å². The zero-order chi connectivity index (χ0) is 10.2. The van der Waals surface area contributed by atoms with Crippen LogP contribution in [0.5, 0.6) is 0 Å². The molecule has 0 amide bonds. The van der Waals surface area contributed by atoms with Gasteiger partial charge in [0.15, 0.2) is 0 Å². The van der Waals surface area contributed by atoms with Gasteiger partial charge in [0.2, 0.25) is 0 Å². The Morgan fingerprint density at radius 2 is 1.07 bits per heavy atom. The van der Waals surface area contributed by atoms with Gasteiger partial charge in [-0.05, 0) is 12.3 Å². The number of hydrogen-bond acceptors (Lipinski definition) is 4.